The van der Waals surface area contributed by atoms with Crippen LogP contribution in [-0.4, -0.2) is 29.3 Å². The van der Waals surface area contributed by atoms with Crippen LogP contribution in [0.1, 0.15) is 53.2 Å². The maximum Gasteiger partial charge on any atom is 0.256 e. The minimum absolute atomic E-state index is 0.176. The first kappa shape index (κ1) is 19.8. The molecule has 5 nitrogen and oxygen atoms in total. The Kier molecular flexibility index (Phi) is 5.82. The van der Waals surface area contributed by atoms with Crippen molar-refractivity contribution in [2.24, 2.45) is 0 Å². The molecule has 0 radical (unpaired) electrons. The van der Waals surface area contributed by atoms with Gasteiger partial charge in [0.15, 0.2) is 0 Å². The van der Waals surface area contributed by atoms with Crippen molar-refractivity contribution in [2.45, 2.75) is 45.7 Å². The van der Waals surface area contributed by atoms with Crippen LogP contribution in [0.3, 0.4) is 0 Å². The smallest absolute Gasteiger partial charge is 0.256 e. The fourth-order valence-electron chi connectivity index (χ4n) is 3.57. The van der Waals surface area contributed by atoms with Crippen LogP contribution in [0.5, 0.6) is 0 Å². The summed E-state index contributed by atoms with van der Waals surface area (Å²) in [6.07, 6.45) is 1.38. The van der Waals surface area contributed by atoms with Crippen LogP contribution in [0, 0.1) is 13.8 Å². The Morgan fingerprint density at radius 3 is 2.67 bits per heavy atom. The van der Waals surface area contributed by atoms with E-state index < -0.39 is 6.04 Å². The zero-order valence-electron chi connectivity index (χ0n) is 15.5. The van der Waals surface area contributed by atoms with Crippen LogP contribution < -0.4 is 5.32 Å². The molecular weight excluding hydrogens is 387 g/mol. The molecule has 2 amide bonds. The Bertz CT molecular complexity index is 878. The van der Waals surface area contributed by atoms with E-state index in [1.54, 1.807) is 23.1 Å². The Morgan fingerprint density at radius 1 is 1.26 bits per heavy atom. The first-order chi connectivity index (χ1) is 12.8. The van der Waals surface area contributed by atoms with E-state index in [-0.39, 0.29) is 17.9 Å². The topological polar surface area (TPSA) is 62.6 Å². The Labute approximate surface area is 168 Å². The summed E-state index contributed by atoms with van der Waals surface area (Å²) in [5.41, 5.74) is 1.26. The van der Waals surface area contributed by atoms with Gasteiger partial charge in [-0.1, -0.05) is 23.2 Å². The van der Waals surface area contributed by atoms with Crippen LogP contribution in [0.2, 0.25) is 10.0 Å². The van der Waals surface area contributed by atoms with E-state index in [9.17, 15) is 9.59 Å². The molecule has 1 fully saturated rings. The number of rotatable bonds is 4. The number of hydrogen-bond acceptors (Lipinski definition) is 3. The number of amides is 2. The van der Waals surface area contributed by atoms with E-state index in [1.165, 1.54) is 0 Å². The predicted molar refractivity (Wildman–Crippen MR) is 105 cm³/mol. The van der Waals surface area contributed by atoms with Gasteiger partial charge >= 0.3 is 0 Å². The second-order valence-electron chi connectivity index (χ2n) is 6.88. The largest absolute Gasteiger partial charge is 0.466 e. The molecule has 1 aliphatic rings. The summed E-state index contributed by atoms with van der Waals surface area (Å²) in [6.45, 7) is 6.16. The molecule has 7 heteroatoms. The quantitative estimate of drug-likeness (QED) is 0.797. The van der Waals surface area contributed by atoms with E-state index in [2.05, 4.69) is 5.32 Å². The molecule has 1 saturated heterocycles. The molecule has 0 unspecified atom stereocenters. The number of benzene rings is 1. The van der Waals surface area contributed by atoms with Crippen LogP contribution in [0.15, 0.2) is 28.7 Å². The third-order valence-corrected chi connectivity index (χ3v) is 5.44. The molecule has 1 aromatic heterocycles. The fraction of sp³-hybridized carbons (Fsp3) is 0.400. The van der Waals surface area contributed by atoms with Gasteiger partial charge in [-0.05, 0) is 57.9 Å². The summed E-state index contributed by atoms with van der Waals surface area (Å²) in [5, 5.41) is 3.76. The highest BCUT2D eigenvalue weighted by Gasteiger charge is 2.36. The van der Waals surface area contributed by atoms with Gasteiger partial charge in [0, 0.05) is 17.1 Å². The number of furan rings is 1. The van der Waals surface area contributed by atoms with Crippen molar-refractivity contribution in [2.75, 3.05) is 6.54 Å². The number of carbonyl (C=O) groups excluding carboxylic acids is 2. The van der Waals surface area contributed by atoms with Crippen molar-refractivity contribution in [3.63, 3.8) is 0 Å². The van der Waals surface area contributed by atoms with Crippen LogP contribution in [0.4, 0.5) is 0 Å². The standard InChI is InChI=1S/C20H22Cl2N2O3/c1-11-9-15(13(3)27-11)12(2)23-19(25)18-5-4-8-24(18)20(26)16-10-14(21)6-7-17(16)22/h6-7,9-10,12,18H,4-5,8H2,1-3H3,(H,23,25)/t12-,18-/m0/s1. The average Bonchev–Trinajstić information content (AvgIpc) is 3.22. The van der Waals surface area contributed by atoms with Crippen LogP contribution >= 0.6 is 23.2 Å². The van der Waals surface area contributed by atoms with E-state index in [4.69, 9.17) is 27.6 Å². The van der Waals surface area contributed by atoms with Gasteiger partial charge in [0.25, 0.3) is 5.91 Å². The summed E-state index contributed by atoms with van der Waals surface area (Å²) in [7, 11) is 0. The van der Waals surface area contributed by atoms with E-state index in [0.717, 1.165) is 23.5 Å². The molecule has 2 heterocycles. The summed E-state index contributed by atoms with van der Waals surface area (Å²) in [6, 6.07) is 5.95. The fourth-order valence-corrected chi connectivity index (χ4v) is 3.94. The molecule has 2 aromatic rings. The number of halogens is 2. The molecule has 0 bridgehead atoms. The maximum atomic E-state index is 12.9. The van der Waals surface area contributed by atoms with Gasteiger partial charge < -0.3 is 14.6 Å². The van der Waals surface area contributed by atoms with Crippen molar-refractivity contribution >= 4 is 35.0 Å². The molecule has 3 rings (SSSR count). The molecule has 1 aromatic carbocycles. The number of carbonyl (C=O) groups is 2. The van der Waals surface area contributed by atoms with Crippen molar-refractivity contribution in [1.29, 1.82) is 0 Å². The third-order valence-electron chi connectivity index (χ3n) is 4.88. The number of nitrogens with zero attached hydrogens (tertiary/aromatic N) is 1. The second-order valence-corrected chi connectivity index (χ2v) is 7.72. The second kappa shape index (κ2) is 7.95. The maximum absolute atomic E-state index is 12.9. The normalized spacial score (nSPS) is 17.8. The van der Waals surface area contributed by atoms with Gasteiger partial charge in [0.05, 0.1) is 16.6 Å². The molecule has 1 N–H and O–H groups in total. The molecule has 0 spiro atoms. The lowest BCUT2D eigenvalue weighted by molar-refractivity contribution is -0.125. The highest BCUT2D eigenvalue weighted by molar-refractivity contribution is 6.35. The minimum Gasteiger partial charge on any atom is -0.466 e. The predicted octanol–water partition coefficient (Wildman–Crippen LogP) is 4.69. The van der Waals surface area contributed by atoms with Gasteiger partial charge in [0.1, 0.15) is 17.6 Å². The highest BCUT2D eigenvalue weighted by atomic mass is 35.5. The SMILES string of the molecule is Cc1cc([C@H](C)NC(=O)[C@@H]2CCCN2C(=O)c2cc(Cl)ccc2Cl)c(C)o1. The zero-order valence-corrected chi connectivity index (χ0v) is 17.0. The highest BCUT2D eigenvalue weighted by Crippen LogP contribution is 2.27. The first-order valence-corrected chi connectivity index (χ1v) is 9.67. The summed E-state index contributed by atoms with van der Waals surface area (Å²) in [5.74, 6) is 1.13. The molecule has 1 aliphatic heterocycles. The van der Waals surface area contributed by atoms with Crippen molar-refractivity contribution in [1.82, 2.24) is 10.2 Å². The number of hydrogen-bond donors (Lipinski definition) is 1. The van der Waals surface area contributed by atoms with Crippen molar-refractivity contribution in [3.8, 4) is 0 Å². The molecular formula is C20H22Cl2N2O3. The number of likely N-dealkylation sites (tertiary alicyclic amines) is 1. The third kappa shape index (κ3) is 4.14. The van der Waals surface area contributed by atoms with Gasteiger partial charge in [-0.3, -0.25) is 9.59 Å². The van der Waals surface area contributed by atoms with E-state index in [0.29, 0.717) is 28.6 Å². The first-order valence-electron chi connectivity index (χ1n) is 8.91. The van der Waals surface area contributed by atoms with E-state index >= 15 is 0 Å². The Hall–Kier alpha value is -1.98. The molecule has 0 aliphatic carbocycles. The lowest BCUT2D eigenvalue weighted by atomic mass is 10.1. The molecule has 0 saturated carbocycles. The molecule has 27 heavy (non-hydrogen) atoms. The van der Waals surface area contributed by atoms with Gasteiger partial charge in [-0.2, -0.15) is 0 Å². The Morgan fingerprint density at radius 2 is 2.00 bits per heavy atom. The number of aryl methyl sites for hydroxylation is 2. The van der Waals surface area contributed by atoms with Crippen LogP contribution in [-0.2, 0) is 4.79 Å². The van der Waals surface area contributed by atoms with Gasteiger partial charge in [-0.15, -0.1) is 0 Å². The minimum atomic E-state index is -0.525. The molecule has 144 valence electrons. The lowest BCUT2D eigenvalue weighted by Gasteiger charge is -2.26. The van der Waals surface area contributed by atoms with Crippen LogP contribution in [0.25, 0.3) is 0 Å². The lowest BCUT2D eigenvalue weighted by Crippen LogP contribution is -2.46. The monoisotopic (exact) mass is 408 g/mol. The van der Waals surface area contributed by atoms with Gasteiger partial charge in [0.2, 0.25) is 5.91 Å². The van der Waals surface area contributed by atoms with E-state index in [1.807, 2.05) is 26.8 Å². The summed E-state index contributed by atoms with van der Waals surface area (Å²) >= 11 is 12.2. The zero-order chi connectivity index (χ0) is 19.7. The summed E-state index contributed by atoms with van der Waals surface area (Å²) < 4.78 is 5.54. The summed E-state index contributed by atoms with van der Waals surface area (Å²) in [4.78, 5) is 27.4. The average molecular weight is 409 g/mol. The van der Waals surface area contributed by atoms with Crippen molar-refractivity contribution < 1.29 is 14.0 Å². The number of nitrogens with one attached hydrogen (secondary N) is 1. The van der Waals surface area contributed by atoms with Gasteiger partial charge in [-0.25, -0.2) is 0 Å². The Balaban J connectivity index is 1.75. The van der Waals surface area contributed by atoms with Crippen molar-refractivity contribution in [3.05, 3.63) is 57.0 Å². The molecule has 2 atom stereocenters.